The minimum absolute atomic E-state index is 0.0197. The van der Waals surface area contributed by atoms with Crippen LogP contribution in [0, 0.1) is 0 Å². The van der Waals surface area contributed by atoms with Crippen LogP contribution >= 0.6 is 15.9 Å². The number of hydrogen-bond donors (Lipinski definition) is 2. The summed E-state index contributed by atoms with van der Waals surface area (Å²) >= 11 is 3.37. The molecule has 6 heteroatoms. The maximum atomic E-state index is 10.4. The molecule has 0 spiro atoms. The van der Waals surface area contributed by atoms with Gasteiger partial charge in [0, 0.05) is 23.6 Å². The van der Waals surface area contributed by atoms with E-state index in [2.05, 4.69) is 15.9 Å². The van der Waals surface area contributed by atoms with Gasteiger partial charge in [0.05, 0.1) is 18.9 Å². The molecule has 2 heterocycles. The van der Waals surface area contributed by atoms with Crippen molar-refractivity contribution in [1.82, 2.24) is 4.57 Å². The lowest BCUT2D eigenvalue weighted by Gasteiger charge is -2.27. The van der Waals surface area contributed by atoms with Crippen LogP contribution in [0.5, 0.6) is 11.8 Å². The van der Waals surface area contributed by atoms with Gasteiger partial charge in [0.15, 0.2) is 0 Å². The van der Waals surface area contributed by atoms with Crippen LogP contribution in [-0.2, 0) is 4.74 Å². The normalized spacial score (nSPS) is 15.6. The number of aromatic hydroxyl groups is 2. The van der Waals surface area contributed by atoms with Crippen LogP contribution in [0.25, 0.3) is 5.69 Å². The Morgan fingerprint density at radius 3 is 2.35 bits per heavy atom. The Morgan fingerprint density at radius 2 is 1.70 bits per heavy atom. The van der Waals surface area contributed by atoms with Crippen molar-refractivity contribution in [2.45, 2.75) is 0 Å². The molecule has 3 rings (SSSR count). The average Bonchev–Trinajstić information content (AvgIpc) is 2.76. The van der Waals surface area contributed by atoms with Gasteiger partial charge >= 0.3 is 0 Å². The number of morpholine rings is 1. The van der Waals surface area contributed by atoms with Gasteiger partial charge < -0.3 is 19.8 Å². The molecule has 0 atom stereocenters. The highest BCUT2D eigenvalue weighted by Crippen LogP contribution is 2.38. The number of rotatable bonds is 2. The Labute approximate surface area is 125 Å². The first-order chi connectivity index (χ1) is 9.66. The van der Waals surface area contributed by atoms with Crippen molar-refractivity contribution in [3.63, 3.8) is 0 Å². The number of hydrogen-bond acceptors (Lipinski definition) is 4. The van der Waals surface area contributed by atoms with Gasteiger partial charge in [-0.3, -0.25) is 0 Å². The van der Waals surface area contributed by atoms with Crippen LogP contribution in [0.3, 0.4) is 0 Å². The van der Waals surface area contributed by atoms with Crippen molar-refractivity contribution >= 4 is 21.6 Å². The molecular formula is C14H15BrN2O3. The molecule has 0 amide bonds. The summed E-state index contributed by atoms with van der Waals surface area (Å²) in [7, 11) is 0. The quantitative estimate of drug-likeness (QED) is 0.883. The van der Waals surface area contributed by atoms with Crippen LogP contribution in [-0.4, -0.2) is 41.1 Å². The second kappa shape index (κ2) is 5.38. The molecule has 0 saturated carbocycles. The number of nitrogens with zero attached hydrogens (tertiary/aromatic N) is 2. The molecule has 106 valence electrons. The van der Waals surface area contributed by atoms with E-state index in [1.165, 1.54) is 4.57 Å². The number of aromatic nitrogens is 1. The fraction of sp³-hybridized carbons (Fsp3) is 0.286. The summed E-state index contributed by atoms with van der Waals surface area (Å²) < 4.78 is 7.67. The van der Waals surface area contributed by atoms with Crippen molar-refractivity contribution in [2.24, 2.45) is 0 Å². The molecule has 1 aromatic carbocycles. The van der Waals surface area contributed by atoms with Crippen LogP contribution in [0.15, 0.2) is 34.8 Å². The van der Waals surface area contributed by atoms with Gasteiger partial charge in [-0.15, -0.1) is 0 Å². The fourth-order valence-electron chi connectivity index (χ4n) is 2.36. The van der Waals surface area contributed by atoms with Crippen LogP contribution in [0.2, 0.25) is 0 Å². The number of benzene rings is 1. The SMILES string of the molecule is Oc1cc(N2CCOCC2)c(O)n1-c1ccc(Br)cc1. The molecule has 20 heavy (non-hydrogen) atoms. The van der Waals surface area contributed by atoms with Crippen molar-refractivity contribution in [1.29, 1.82) is 0 Å². The van der Waals surface area contributed by atoms with Gasteiger partial charge in [-0.25, -0.2) is 4.57 Å². The Morgan fingerprint density at radius 1 is 1.05 bits per heavy atom. The van der Waals surface area contributed by atoms with E-state index in [-0.39, 0.29) is 11.8 Å². The molecule has 0 unspecified atom stereocenters. The molecule has 1 saturated heterocycles. The summed E-state index contributed by atoms with van der Waals surface area (Å²) in [6.07, 6.45) is 0. The highest BCUT2D eigenvalue weighted by atomic mass is 79.9. The molecule has 1 fully saturated rings. The summed E-state index contributed by atoms with van der Waals surface area (Å²) in [5.74, 6) is 0.0676. The Balaban J connectivity index is 1.99. The third-order valence-electron chi connectivity index (χ3n) is 3.37. The van der Waals surface area contributed by atoms with Crippen molar-refractivity contribution < 1.29 is 14.9 Å². The van der Waals surface area contributed by atoms with Crippen LogP contribution < -0.4 is 4.90 Å². The van der Waals surface area contributed by atoms with E-state index >= 15 is 0 Å². The topological polar surface area (TPSA) is 57.9 Å². The van der Waals surface area contributed by atoms with Crippen molar-refractivity contribution in [3.05, 3.63) is 34.8 Å². The Bertz CT molecular complexity index is 604. The van der Waals surface area contributed by atoms with Gasteiger partial charge in [0.25, 0.3) is 0 Å². The summed E-state index contributed by atoms with van der Waals surface area (Å²) in [5, 5.41) is 20.5. The molecular weight excluding hydrogens is 324 g/mol. The predicted molar refractivity (Wildman–Crippen MR) is 79.8 cm³/mol. The lowest BCUT2D eigenvalue weighted by molar-refractivity contribution is 0.122. The molecule has 1 aliphatic heterocycles. The zero-order chi connectivity index (χ0) is 14.1. The summed E-state index contributed by atoms with van der Waals surface area (Å²) in [6, 6.07) is 8.97. The molecule has 0 aliphatic carbocycles. The first-order valence-electron chi connectivity index (χ1n) is 6.39. The molecule has 2 N–H and O–H groups in total. The van der Waals surface area contributed by atoms with Gasteiger partial charge in [-0.2, -0.15) is 0 Å². The van der Waals surface area contributed by atoms with E-state index in [1.54, 1.807) is 6.07 Å². The third-order valence-corrected chi connectivity index (χ3v) is 3.90. The molecule has 0 bridgehead atoms. The second-order valence-electron chi connectivity index (χ2n) is 4.62. The first kappa shape index (κ1) is 13.3. The minimum Gasteiger partial charge on any atom is -0.494 e. The predicted octanol–water partition coefficient (Wildman–Crippen LogP) is 2.49. The highest BCUT2D eigenvalue weighted by Gasteiger charge is 2.21. The first-order valence-corrected chi connectivity index (χ1v) is 7.18. The van der Waals surface area contributed by atoms with E-state index < -0.39 is 0 Å². The van der Waals surface area contributed by atoms with Crippen LogP contribution in [0.4, 0.5) is 5.69 Å². The highest BCUT2D eigenvalue weighted by molar-refractivity contribution is 9.10. The Kier molecular flexibility index (Phi) is 3.58. The van der Waals surface area contributed by atoms with E-state index in [0.717, 1.165) is 4.47 Å². The average molecular weight is 339 g/mol. The minimum atomic E-state index is 0.0197. The van der Waals surface area contributed by atoms with E-state index in [1.807, 2.05) is 29.2 Å². The van der Waals surface area contributed by atoms with Crippen molar-refractivity contribution in [3.8, 4) is 17.4 Å². The standard InChI is InChI=1S/C14H15BrN2O3/c15-10-1-3-11(4-2-10)17-13(18)9-12(14(17)19)16-5-7-20-8-6-16/h1-4,9,18-19H,5-8H2. The number of anilines is 1. The zero-order valence-corrected chi connectivity index (χ0v) is 12.4. The molecule has 5 nitrogen and oxygen atoms in total. The lowest BCUT2D eigenvalue weighted by Crippen LogP contribution is -2.36. The summed E-state index contributed by atoms with van der Waals surface area (Å²) in [6.45, 7) is 2.67. The number of ether oxygens (including phenoxy) is 1. The third kappa shape index (κ3) is 2.36. The molecule has 0 radical (unpaired) electrons. The molecule has 2 aromatic rings. The smallest absolute Gasteiger partial charge is 0.223 e. The Hall–Kier alpha value is -1.66. The monoisotopic (exact) mass is 338 g/mol. The maximum Gasteiger partial charge on any atom is 0.223 e. The number of halogens is 1. The maximum absolute atomic E-state index is 10.4. The van der Waals surface area contributed by atoms with Crippen molar-refractivity contribution in [2.75, 3.05) is 31.2 Å². The summed E-state index contributed by atoms with van der Waals surface area (Å²) in [5.41, 5.74) is 1.34. The second-order valence-corrected chi connectivity index (χ2v) is 5.54. The van der Waals surface area contributed by atoms with Gasteiger partial charge in [0.2, 0.25) is 11.8 Å². The van der Waals surface area contributed by atoms with Gasteiger partial charge in [-0.05, 0) is 24.3 Å². The van der Waals surface area contributed by atoms with Crippen LogP contribution in [0.1, 0.15) is 0 Å². The van der Waals surface area contributed by atoms with Gasteiger partial charge in [-0.1, -0.05) is 15.9 Å². The fourth-order valence-corrected chi connectivity index (χ4v) is 2.62. The zero-order valence-electron chi connectivity index (χ0n) is 10.8. The van der Waals surface area contributed by atoms with Gasteiger partial charge in [0.1, 0.15) is 5.69 Å². The van der Waals surface area contributed by atoms with E-state index in [4.69, 9.17) is 4.74 Å². The largest absolute Gasteiger partial charge is 0.494 e. The van der Waals surface area contributed by atoms with E-state index in [9.17, 15) is 10.2 Å². The van der Waals surface area contributed by atoms with E-state index in [0.29, 0.717) is 37.7 Å². The molecule has 1 aliphatic rings. The molecule has 1 aromatic heterocycles. The summed E-state index contributed by atoms with van der Waals surface area (Å²) in [4.78, 5) is 2.01. The lowest BCUT2D eigenvalue weighted by atomic mass is 10.3.